The third kappa shape index (κ3) is 2.55. The van der Waals surface area contributed by atoms with E-state index in [1.807, 2.05) is 16.8 Å². The number of nitrogens with two attached hydrogens (primary N) is 1. The van der Waals surface area contributed by atoms with Gasteiger partial charge < -0.3 is 5.73 Å². The summed E-state index contributed by atoms with van der Waals surface area (Å²) in [6.07, 6.45) is -2.16. The molecule has 2 N–H and O–H groups in total. The van der Waals surface area contributed by atoms with Gasteiger partial charge in [0.1, 0.15) is 0 Å². The summed E-state index contributed by atoms with van der Waals surface area (Å²) in [6, 6.07) is 0.789. The molecule has 62 valence electrons. The molecule has 0 radical (unpaired) electrons. The summed E-state index contributed by atoms with van der Waals surface area (Å²) < 4.78 is 23.8. The molecule has 0 bridgehead atoms. The van der Waals surface area contributed by atoms with Crippen LogP contribution < -0.4 is 5.73 Å². The van der Waals surface area contributed by atoms with Crippen LogP contribution in [-0.2, 0) is 6.42 Å². The first kappa shape index (κ1) is 8.62. The van der Waals surface area contributed by atoms with Crippen molar-refractivity contribution >= 4 is 11.3 Å². The monoisotopic (exact) mass is 177 g/mol. The second kappa shape index (κ2) is 3.78. The lowest BCUT2D eigenvalue weighted by molar-refractivity contribution is 0.116. The largest absolute Gasteiger partial charge is 0.323 e. The summed E-state index contributed by atoms with van der Waals surface area (Å²) >= 11 is 1.49. The Morgan fingerprint density at radius 3 is 2.73 bits per heavy atom. The SMILES string of the molecule is NC(Cc1ccsc1)C(F)F. The fraction of sp³-hybridized carbons (Fsp3) is 0.429. The van der Waals surface area contributed by atoms with Gasteiger partial charge in [-0.25, -0.2) is 8.78 Å². The van der Waals surface area contributed by atoms with Crippen LogP contribution in [0.15, 0.2) is 16.8 Å². The normalized spacial score (nSPS) is 13.8. The maximum atomic E-state index is 11.9. The van der Waals surface area contributed by atoms with E-state index < -0.39 is 12.5 Å². The Morgan fingerprint density at radius 1 is 1.55 bits per heavy atom. The van der Waals surface area contributed by atoms with Crippen molar-refractivity contribution in [3.63, 3.8) is 0 Å². The van der Waals surface area contributed by atoms with Crippen molar-refractivity contribution in [1.29, 1.82) is 0 Å². The summed E-state index contributed by atoms with van der Waals surface area (Å²) in [7, 11) is 0. The first-order valence-electron chi connectivity index (χ1n) is 3.25. The van der Waals surface area contributed by atoms with Crippen LogP contribution in [-0.4, -0.2) is 12.5 Å². The molecule has 0 aliphatic carbocycles. The van der Waals surface area contributed by atoms with Crippen LogP contribution in [0.5, 0.6) is 0 Å². The minimum absolute atomic E-state index is 0.265. The Bertz CT molecular complexity index is 198. The molecular weight excluding hydrogens is 168 g/mol. The number of hydrogen-bond donors (Lipinski definition) is 1. The fourth-order valence-electron chi connectivity index (χ4n) is 0.770. The topological polar surface area (TPSA) is 26.0 Å². The average Bonchev–Trinajstić information content (AvgIpc) is 2.39. The van der Waals surface area contributed by atoms with Crippen LogP contribution in [0.1, 0.15) is 5.56 Å². The van der Waals surface area contributed by atoms with Gasteiger partial charge in [-0.1, -0.05) is 0 Å². The van der Waals surface area contributed by atoms with Gasteiger partial charge in [0.25, 0.3) is 6.43 Å². The van der Waals surface area contributed by atoms with Crippen LogP contribution >= 0.6 is 11.3 Å². The van der Waals surface area contributed by atoms with Gasteiger partial charge in [-0.3, -0.25) is 0 Å². The van der Waals surface area contributed by atoms with Crippen molar-refractivity contribution in [2.75, 3.05) is 0 Å². The number of hydrogen-bond acceptors (Lipinski definition) is 2. The lowest BCUT2D eigenvalue weighted by atomic mass is 10.1. The zero-order valence-corrected chi connectivity index (χ0v) is 6.65. The minimum atomic E-state index is -2.42. The molecule has 1 aromatic rings. The van der Waals surface area contributed by atoms with Crippen molar-refractivity contribution in [3.8, 4) is 0 Å². The smallest absolute Gasteiger partial charge is 0.253 e. The van der Waals surface area contributed by atoms with Crippen LogP contribution in [0.25, 0.3) is 0 Å². The highest BCUT2D eigenvalue weighted by Crippen LogP contribution is 2.10. The molecule has 11 heavy (non-hydrogen) atoms. The van der Waals surface area contributed by atoms with E-state index in [0.717, 1.165) is 5.56 Å². The summed E-state index contributed by atoms with van der Waals surface area (Å²) in [5.41, 5.74) is 6.05. The maximum absolute atomic E-state index is 11.9. The number of thiophene rings is 1. The summed E-state index contributed by atoms with van der Waals surface area (Å²) in [5.74, 6) is 0. The zero-order valence-electron chi connectivity index (χ0n) is 5.84. The lowest BCUT2D eigenvalue weighted by Crippen LogP contribution is -2.30. The van der Waals surface area contributed by atoms with E-state index in [1.54, 1.807) is 0 Å². The van der Waals surface area contributed by atoms with E-state index in [-0.39, 0.29) is 6.42 Å². The first-order valence-corrected chi connectivity index (χ1v) is 4.19. The maximum Gasteiger partial charge on any atom is 0.253 e. The van der Waals surface area contributed by atoms with E-state index in [4.69, 9.17) is 5.73 Å². The first-order chi connectivity index (χ1) is 5.20. The van der Waals surface area contributed by atoms with E-state index >= 15 is 0 Å². The third-order valence-corrected chi connectivity index (χ3v) is 2.11. The molecule has 0 spiro atoms. The lowest BCUT2D eigenvalue weighted by Gasteiger charge is -2.07. The second-order valence-electron chi connectivity index (χ2n) is 2.33. The Hall–Kier alpha value is -0.480. The van der Waals surface area contributed by atoms with Crippen molar-refractivity contribution in [3.05, 3.63) is 22.4 Å². The van der Waals surface area contributed by atoms with Gasteiger partial charge in [0.2, 0.25) is 0 Å². The molecule has 0 saturated heterocycles. The molecule has 4 heteroatoms. The molecule has 1 atom stereocenters. The predicted molar refractivity (Wildman–Crippen MR) is 42.0 cm³/mol. The van der Waals surface area contributed by atoms with Gasteiger partial charge in [0.05, 0.1) is 6.04 Å². The fourth-order valence-corrected chi connectivity index (χ4v) is 1.45. The van der Waals surface area contributed by atoms with E-state index in [1.165, 1.54) is 11.3 Å². The molecule has 1 aromatic heterocycles. The Kier molecular flexibility index (Phi) is 2.96. The molecule has 0 fully saturated rings. The highest BCUT2D eigenvalue weighted by atomic mass is 32.1. The van der Waals surface area contributed by atoms with Gasteiger partial charge in [0, 0.05) is 0 Å². The van der Waals surface area contributed by atoms with Crippen LogP contribution in [0.2, 0.25) is 0 Å². The second-order valence-corrected chi connectivity index (χ2v) is 3.11. The minimum Gasteiger partial charge on any atom is -0.323 e. The van der Waals surface area contributed by atoms with Gasteiger partial charge in [-0.15, -0.1) is 0 Å². The molecule has 0 aliphatic rings. The summed E-state index contributed by atoms with van der Waals surface area (Å²) in [6.45, 7) is 0. The Morgan fingerprint density at radius 2 is 2.27 bits per heavy atom. The number of rotatable bonds is 3. The highest BCUT2D eigenvalue weighted by molar-refractivity contribution is 7.07. The summed E-state index contributed by atoms with van der Waals surface area (Å²) in [5, 5.41) is 3.69. The van der Waals surface area contributed by atoms with Crippen LogP contribution in [0.4, 0.5) is 8.78 Å². The van der Waals surface area contributed by atoms with Gasteiger partial charge in [-0.2, -0.15) is 11.3 Å². The molecule has 1 rings (SSSR count). The molecule has 1 heterocycles. The number of halogens is 2. The van der Waals surface area contributed by atoms with Gasteiger partial charge in [0.15, 0.2) is 0 Å². The van der Waals surface area contributed by atoms with Gasteiger partial charge >= 0.3 is 0 Å². The van der Waals surface area contributed by atoms with Crippen LogP contribution in [0, 0.1) is 0 Å². The highest BCUT2D eigenvalue weighted by Gasteiger charge is 2.15. The predicted octanol–water partition coefficient (Wildman–Crippen LogP) is 1.88. The third-order valence-electron chi connectivity index (χ3n) is 1.38. The Labute approximate surface area is 67.8 Å². The van der Waals surface area contributed by atoms with Crippen molar-refractivity contribution in [2.45, 2.75) is 18.9 Å². The Balaban J connectivity index is 2.43. The molecule has 0 aromatic carbocycles. The molecule has 0 aliphatic heterocycles. The van der Waals surface area contributed by atoms with Crippen molar-refractivity contribution in [1.82, 2.24) is 0 Å². The zero-order chi connectivity index (χ0) is 8.27. The quantitative estimate of drug-likeness (QED) is 0.749. The van der Waals surface area contributed by atoms with Gasteiger partial charge in [-0.05, 0) is 28.8 Å². The van der Waals surface area contributed by atoms with Crippen LogP contribution in [0.3, 0.4) is 0 Å². The molecular formula is C7H9F2NS. The molecule has 0 amide bonds. The molecule has 1 unspecified atom stereocenters. The standard InChI is InChI=1S/C7H9F2NS/c8-7(9)6(10)3-5-1-2-11-4-5/h1-2,4,6-7H,3,10H2. The number of alkyl halides is 2. The van der Waals surface area contributed by atoms with E-state index in [0.29, 0.717) is 0 Å². The van der Waals surface area contributed by atoms with Crippen molar-refractivity contribution in [2.24, 2.45) is 5.73 Å². The average molecular weight is 177 g/mol. The van der Waals surface area contributed by atoms with Crippen molar-refractivity contribution < 1.29 is 8.78 Å². The molecule has 0 saturated carbocycles. The molecule has 1 nitrogen and oxygen atoms in total. The van der Waals surface area contributed by atoms with E-state index in [9.17, 15) is 8.78 Å². The summed E-state index contributed by atoms with van der Waals surface area (Å²) in [4.78, 5) is 0. The van der Waals surface area contributed by atoms with E-state index in [2.05, 4.69) is 0 Å².